The lowest BCUT2D eigenvalue weighted by Gasteiger charge is -2.27. The summed E-state index contributed by atoms with van der Waals surface area (Å²) < 4.78 is 12.0. The number of benzene rings is 2. The summed E-state index contributed by atoms with van der Waals surface area (Å²) in [6.07, 6.45) is 1.24. The Hall–Kier alpha value is -2.16. The molecule has 1 unspecified atom stereocenters. The standard InChI is InChI=1S/C26H39NO2/c1-9-19(2)29-22-13-11-21(12-14-22)27-16-17-28-24-15-10-20(25(3,4)5)18-23(24)26(6,7)8/h10-15,18-19,27H,9,16-17H2,1-8H3. The molecule has 2 rings (SSSR count). The van der Waals surface area contributed by atoms with Crippen LogP contribution in [-0.2, 0) is 10.8 Å². The fourth-order valence-corrected chi connectivity index (χ4v) is 3.03. The first kappa shape index (κ1) is 23.1. The average molecular weight is 398 g/mol. The first-order valence-corrected chi connectivity index (χ1v) is 10.8. The number of hydrogen-bond donors (Lipinski definition) is 1. The van der Waals surface area contributed by atoms with Crippen molar-refractivity contribution in [2.75, 3.05) is 18.5 Å². The molecule has 0 fully saturated rings. The summed E-state index contributed by atoms with van der Waals surface area (Å²) in [7, 11) is 0. The van der Waals surface area contributed by atoms with E-state index < -0.39 is 0 Å². The second kappa shape index (κ2) is 9.56. The van der Waals surface area contributed by atoms with Crippen molar-refractivity contribution in [1.82, 2.24) is 0 Å². The Kier molecular flexibility index (Phi) is 7.62. The molecule has 0 radical (unpaired) electrons. The lowest BCUT2D eigenvalue weighted by atomic mass is 9.80. The Balaban J connectivity index is 1.95. The van der Waals surface area contributed by atoms with Crippen molar-refractivity contribution >= 4 is 5.69 Å². The molecule has 1 N–H and O–H groups in total. The van der Waals surface area contributed by atoms with Gasteiger partial charge >= 0.3 is 0 Å². The van der Waals surface area contributed by atoms with Gasteiger partial charge in [-0.05, 0) is 65.6 Å². The predicted molar refractivity (Wildman–Crippen MR) is 125 cm³/mol. The van der Waals surface area contributed by atoms with Crippen LogP contribution in [0, 0.1) is 0 Å². The largest absolute Gasteiger partial charge is 0.491 e. The molecule has 0 aliphatic rings. The van der Waals surface area contributed by atoms with Gasteiger partial charge in [0.25, 0.3) is 0 Å². The molecule has 2 aromatic carbocycles. The molecule has 3 nitrogen and oxygen atoms in total. The van der Waals surface area contributed by atoms with E-state index in [4.69, 9.17) is 9.47 Å². The molecule has 0 aliphatic heterocycles. The van der Waals surface area contributed by atoms with Gasteiger partial charge < -0.3 is 14.8 Å². The van der Waals surface area contributed by atoms with E-state index in [2.05, 4.69) is 91.0 Å². The molecular weight excluding hydrogens is 358 g/mol. The van der Waals surface area contributed by atoms with Gasteiger partial charge in [0.1, 0.15) is 18.1 Å². The molecular formula is C26H39NO2. The van der Waals surface area contributed by atoms with E-state index in [1.165, 1.54) is 11.1 Å². The summed E-state index contributed by atoms with van der Waals surface area (Å²) in [6.45, 7) is 19.0. The maximum atomic E-state index is 6.16. The van der Waals surface area contributed by atoms with Crippen LogP contribution in [0.5, 0.6) is 11.5 Å². The van der Waals surface area contributed by atoms with Gasteiger partial charge in [0.05, 0.1) is 6.10 Å². The topological polar surface area (TPSA) is 30.5 Å². The van der Waals surface area contributed by atoms with Gasteiger partial charge in [-0.1, -0.05) is 60.6 Å². The van der Waals surface area contributed by atoms with Crippen molar-refractivity contribution in [2.24, 2.45) is 0 Å². The van der Waals surface area contributed by atoms with E-state index in [0.29, 0.717) is 6.61 Å². The summed E-state index contributed by atoms with van der Waals surface area (Å²) in [5.41, 5.74) is 3.84. The Morgan fingerprint density at radius 3 is 2.10 bits per heavy atom. The van der Waals surface area contributed by atoms with Gasteiger partial charge in [-0.15, -0.1) is 0 Å². The number of hydrogen-bond acceptors (Lipinski definition) is 3. The second-order valence-electron chi connectivity index (χ2n) is 9.85. The maximum absolute atomic E-state index is 6.16. The lowest BCUT2D eigenvalue weighted by Crippen LogP contribution is -2.19. The van der Waals surface area contributed by atoms with E-state index in [1.807, 2.05) is 12.1 Å². The average Bonchev–Trinajstić information content (AvgIpc) is 2.64. The molecule has 160 valence electrons. The number of nitrogens with one attached hydrogen (secondary N) is 1. The van der Waals surface area contributed by atoms with Crippen LogP contribution in [0.2, 0.25) is 0 Å². The van der Waals surface area contributed by atoms with E-state index >= 15 is 0 Å². The second-order valence-corrected chi connectivity index (χ2v) is 9.85. The van der Waals surface area contributed by atoms with Crippen molar-refractivity contribution in [3.8, 4) is 11.5 Å². The minimum atomic E-state index is 0.0372. The molecule has 0 amide bonds. The molecule has 3 heteroatoms. The Labute approximate surface area is 177 Å². The smallest absolute Gasteiger partial charge is 0.123 e. The van der Waals surface area contributed by atoms with E-state index in [1.54, 1.807) is 0 Å². The zero-order chi connectivity index (χ0) is 21.7. The molecule has 1 atom stereocenters. The molecule has 0 bridgehead atoms. The number of anilines is 1. The van der Waals surface area contributed by atoms with Gasteiger partial charge in [0.2, 0.25) is 0 Å². The minimum Gasteiger partial charge on any atom is -0.491 e. The van der Waals surface area contributed by atoms with Gasteiger partial charge in [0, 0.05) is 12.2 Å². The van der Waals surface area contributed by atoms with Crippen LogP contribution >= 0.6 is 0 Å². The van der Waals surface area contributed by atoms with Crippen LogP contribution < -0.4 is 14.8 Å². The van der Waals surface area contributed by atoms with Gasteiger partial charge in [-0.3, -0.25) is 0 Å². The number of ether oxygens (including phenoxy) is 2. The Morgan fingerprint density at radius 1 is 0.897 bits per heavy atom. The van der Waals surface area contributed by atoms with Crippen LogP contribution in [0.4, 0.5) is 5.69 Å². The monoisotopic (exact) mass is 397 g/mol. The molecule has 0 heterocycles. The SMILES string of the molecule is CCC(C)Oc1ccc(NCCOc2ccc(C(C)(C)C)cc2C(C)(C)C)cc1. The highest BCUT2D eigenvalue weighted by Gasteiger charge is 2.23. The van der Waals surface area contributed by atoms with Crippen LogP contribution in [0.3, 0.4) is 0 Å². The molecule has 0 saturated carbocycles. The molecule has 29 heavy (non-hydrogen) atoms. The third kappa shape index (κ3) is 6.99. The highest BCUT2D eigenvalue weighted by molar-refractivity contribution is 5.46. The highest BCUT2D eigenvalue weighted by atomic mass is 16.5. The van der Waals surface area contributed by atoms with E-state index in [0.717, 1.165) is 30.2 Å². The summed E-state index contributed by atoms with van der Waals surface area (Å²) in [5.74, 6) is 1.89. The summed E-state index contributed by atoms with van der Waals surface area (Å²) in [5, 5.41) is 3.42. The third-order valence-corrected chi connectivity index (χ3v) is 5.11. The number of rotatable bonds is 8. The van der Waals surface area contributed by atoms with Crippen molar-refractivity contribution in [3.63, 3.8) is 0 Å². The van der Waals surface area contributed by atoms with Crippen molar-refractivity contribution in [1.29, 1.82) is 0 Å². The van der Waals surface area contributed by atoms with Crippen molar-refractivity contribution < 1.29 is 9.47 Å². The van der Waals surface area contributed by atoms with E-state index in [-0.39, 0.29) is 16.9 Å². The van der Waals surface area contributed by atoms with Crippen molar-refractivity contribution in [2.45, 2.75) is 78.7 Å². The summed E-state index contributed by atoms with van der Waals surface area (Å²) in [6, 6.07) is 14.7. The van der Waals surface area contributed by atoms with Crippen molar-refractivity contribution in [3.05, 3.63) is 53.6 Å². The zero-order valence-electron chi connectivity index (χ0n) is 19.6. The lowest BCUT2D eigenvalue weighted by molar-refractivity contribution is 0.217. The Bertz CT molecular complexity index is 767. The molecule has 0 saturated heterocycles. The molecule has 0 spiro atoms. The highest BCUT2D eigenvalue weighted by Crippen LogP contribution is 2.35. The van der Waals surface area contributed by atoms with Gasteiger partial charge in [-0.25, -0.2) is 0 Å². The minimum absolute atomic E-state index is 0.0372. The maximum Gasteiger partial charge on any atom is 0.123 e. The summed E-state index contributed by atoms with van der Waals surface area (Å²) in [4.78, 5) is 0. The fraction of sp³-hybridized carbons (Fsp3) is 0.538. The van der Waals surface area contributed by atoms with Crippen LogP contribution in [0.25, 0.3) is 0 Å². The Morgan fingerprint density at radius 2 is 1.55 bits per heavy atom. The first-order chi connectivity index (χ1) is 13.5. The van der Waals surface area contributed by atoms with Crippen LogP contribution in [0.15, 0.2) is 42.5 Å². The van der Waals surface area contributed by atoms with Gasteiger partial charge in [0.15, 0.2) is 0 Å². The summed E-state index contributed by atoms with van der Waals surface area (Å²) >= 11 is 0. The normalized spacial score (nSPS) is 13.1. The third-order valence-electron chi connectivity index (χ3n) is 5.11. The van der Waals surface area contributed by atoms with Gasteiger partial charge in [-0.2, -0.15) is 0 Å². The first-order valence-electron chi connectivity index (χ1n) is 10.8. The zero-order valence-corrected chi connectivity index (χ0v) is 19.6. The van der Waals surface area contributed by atoms with Crippen LogP contribution in [0.1, 0.15) is 72.9 Å². The fourth-order valence-electron chi connectivity index (χ4n) is 3.03. The quantitative estimate of drug-likeness (QED) is 0.489. The van der Waals surface area contributed by atoms with E-state index in [9.17, 15) is 0 Å². The molecule has 0 aromatic heterocycles. The predicted octanol–water partition coefficient (Wildman–Crippen LogP) is 6.95. The van der Waals surface area contributed by atoms with Crippen LogP contribution in [-0.4, -0.2) is 19.3 Å². The molecule has 2 aromatic rings. The molecule has 0 aliphatic carbocycles.